The van der Waals surface area contributed by atoms with E-state index in [2.05, 4.69) is 5.32 Å². The number of rotatable bonds is 7. The molecular formula is C18H22N2O2. The van der Waals surface area contributed by atoms with Crippen LogP contribution in [0.5, 0.6) is 0 Å². The molecule has 0 amide bonds. The minimum atomic E-state index is -0.633. The first-order valence-electron chi connectivity index (χ1n) is 7.59. The van der Waals surface area contributed by atoms with E-state index < -0.39 is 6.04 Å². The summed E-state index contributed by atoms with van der Waals surface area (Å²) in [6.07, 6.45) is 0.493. The van der Waals surface area contributed by atoms with Crippen LogP contribution in [0.4, 0.5) is 0 Å². The Labute approximate surface area is 131 Å². The van der Waals surface area contributed by atoms with Gasteiger partial charge in [-0.25, -0.2) is 0 Å². The highest BCUT2D eigenvalue weighted by molar-refractivity contribution is 5.25. The van der Waals surface area contributed by atoms with Gasteiger partial charge in [-0.3, -0.25) is 10.1 Å². The highest BCUT2D eigenvalue weighted by Gasteiger charge is 2.30. The summed E-state index contributed by atoms with van der Waals surface area (Å²) in [6, 6.07) is 17.0. The van der Waals surface area contributed by atoms with Crippen LogP contribution in [-0.2, 0) is 6.54 Å². The highest BCUT2D eigenvalue weighted by Crippen LogP contribution is 2.22. The van der Waals surface area contributed by atoms with Gasteiger partial charge in [-0.15, -0.1) is 0 Å². The third-order valence-electron chi connectivity index (χ3n) is 3.88. The predicted molar refractivity (Wildman–Crippen MR) is 88.3 cm³/mol. The van der Waals surface area contributed by atoms with Gasteiger partial charge in [0.2, 0.25) is 6.04 Å². The molecule has 2 rings (SSSR count). The number of nitrogens with zero attached hydrogens (tertiary/aromatic N) is 1. The Kier molecular flexibility index (Phi) is 5.67. The van der Waals surface area contributed by atoms with Crippen LogP contribution in [0, 0.1) is 17.0 Å². The Morgan fingerprint density at radius 3 is 2.27 bits per heavy atom. The second-order valence-electron chi connectivity index (χ2n) is 5.52. The fourth-order valence-corrected chi connectivity index (χ4v) is 2.58. The van der Waals surface area contributed by atoms with Crippen molar-refractivity contribution < 1.29 is 4.92 Å². The molecule has 0 unspecified atom stereocenters. The molecule has 0 aliphatic heterocycles. The lowest BCUT2D eigenvalue weighted by Crippen LogP contribution is -2.36. The van der Waals surface area contributed by atoms with Gasteiger partial charge in [-0.2, -0.15) is 0 Å². The minimum absolute atomic E-state index is 0.178. The molecule has 0 fully saturated rings. The third-order valence-corrected chi connectivity index (χ3v) is 3.88. The maximum Gasteiger partial charge on any atom is 0.232 e. The van der Waals surface area contributed by atoms with Gasteiger partial charge >= 0.3 is 0 Å². The molecule has 2 atom stereocenters. The van der Waals surface area contributed by atoms with Gasteiger partial charge in [0.05, 0.1) is 0 Å². The number of hydrogen-bond donors (Lipinski definition) is 1. The maximum absolute atomic E-state index is 11.4. The molecule has 116 valence electrons. The Bertz CT molecular complexity index is 596. The Hall–Kier alpha value is -2.20. The van der Waals surface area contributed by atoms with Crippen LogP contribution in [-0.4, -0.2) is 11.0 Å². The number of benzene rings is 2. The van der Waals surface area contributed by atoms with Gasteiger partial charge in [0, 0.05) is 17.9 Å². The molecule has 2 aromatic carbocycles. The minimum Gasteiger partial charge on any atom is -0.300 e. The zero-order chi connectivity index (χ0) is 15.9. The zero-order valence-electron chi connectivity index (χ0n) is 13.0. The highest BCUT2D eigenvalue weighted by atomic mass is 16.6. The summed E-state index contributed by atoms with van der Waals surface area (Å²) >= 11 is 0. The lowest BCUT2D eigenvalue weighted by atomic mass is 9.96. The zero-order valence-corrected chi connectivity index (χ0v) is 13.0. The Morgan fingerprint density at radius 2 is 1.73 bits per heavy atom. The van der Waals surface area contributed by atoms with E-state index >= 15 is 0 Å². The Morgan fingerprint density at radius 1 is 1.09 bits per heavy atom. The number of nitro groups is 1. The van der Waals surface area contributed by atoms with Gasteiger partial charge in [-0.05, 0) is 18.1 Å². The van der Waals surface area contributed by atoms with Crippen molar-refractivity contribution in [3.8, 4) is 0 Å². The summed E-state index contributed by atoms with van der Waals surface area (Å²) in [5.74, 6) is 0. The summed E-state index contributed by atoms with van der Waals surface area (Å²) < 4.78 is 0. The van der Waals surface area contributed by atoms with E-state index in [1.807, 2.05) is 68.4 Å². The maximum atomic E-state index is 11.4. The van der Waals surface area contributed by atoms with Crippen molar-refractivity contribution in [2.24, 2.45) is 0 Å². The van der Waals surface area contributed by atoms with Crippen molar-refractivity contribution >= 4 is 0 Å². The van der Waals surface area contributed by atoms with E-state index in [-0.39, 0.29) is 11.0 Å². The standard InChI is InChI=1S/C18H22N2O2/c1-3-17(20(21)22)18(16-11-9-14(2)10-12-16)19-13-15-7-5-4-6-8-15/h4-12,17-19H,3,13H2,1-2H3/t17-,18-/m1/s1. The van der Waals surface area contributed by atoms with Crippen LogP contribution >= 0.6 is 0 Å². The average Bonchev–Trinajstić information content (AvgIpc) is 2.53. The normalized spacial score (nSPS) is 13.5. The summed E-state index contributed by atoms with van der Waals surface area (Å²) in [7, 11) is 0. The number of aryl methyl sites for hydroxylation is 1. The predicted octanol–water partition coefficient (Wildman–Crippen LogP) is 3.88. The largest absolute Gasteiger partial charge is 0.300 e. The molecule has 22 heavy (non-hydrogen) atoms. The molecule has 0 saturated carbocycles. The number of nitrogens with one attached hydrogen (secondary N) is 1. The fraction of sp³-hybridized carbons (Fsp3) is 0.333. The van der Waals surface area contributed by atoms with Crippen LogP contribution in [0.3, 0.4) is 0 Å². The molecule has 0 aliphatic carbocycles. The molecule has 4 heteroatoms. The van der Waals surface area contributed by atoms with Crippen LogP contribution in [0.15, 0.2) is 54.6 Å². The topological polar surface area (TPSA) is 55.2 Å². The first kappa shape index (κ1) is 16.2. The second kappa shape index (κ2) is 7.71. The van der Waals surface area contributed by atoms with Crippen molar-refractivity contribution in [3.63, 3.8) is 0 Å². The molecule has 1 N–H and O–H groups in total. The summed E-state index contributed by atoms with van der Waals surface area (Å²) in [6.45, 7) is 4.49. The molecular weight excluding hydrogens is 276 g/mol. The van der Waals surface area contributed by atoms with Crippen molar-refractivity contribution in [2.45, 2.75) is 38.9 Å². The monoisotopic (exact) mass is 298 g/mol. The molecule has 0 saturated heterocycles. The summed E-state index contributed by atoms with van der Waals surface area (Å²) in [5, 5.41) is 14.8. The van der Waals surface area contributed by atoms with Gasteiger partial charge in [0.25, 0.3) is 0 Å². The van der Waals surface area contributed by atoms with Crippen LogP contribution in [0.1, 0.15) is 36.1 Å². The molecule has 0 radical (unpaired) electrons. The molecule has 0 heterocycles. The fourth-order valence-electron chi connectivity index (χ4n) is 2.58. The van der Waals surface area contributed by atoms with Crippen molar-refractivity contribution in [1.82, 2.24) is 5.32 Å². The van der Waals surface area contributed by atoms with Gasteiger partial charge in [-0.1, -0.05) is 67.1 Å². The molecule has 0 bridgehead atoms. The van der Waals surface area contributed by atoms with Crippen molar-refractivity contribution in [1.29, 1.82) is 0 Å². The van der Waals surface area contributed by atoms with Gasteiger partial charge in [0.1, 0.15) is 6.04 Å². The molecule has 0 spiro atoms. The third kappa shape index (κ3) is 4.15. The molecule has 0 aromatic heterocycles. The smallest absolute Gasteiger partial charge is 0.232 e. The molecule has 2 aromatic rings. The average molecular weight is 298 g/mol. The lowest BCUT2D eigenvalue weighted by molar-refractivity contribution is -0.528. The molecule has 4 nitrogen and oxygen atoms in total. The summed E-state index contributed by atoms with van der Waals surface area (Å²) in [4.78, 5) is 11.2. The quantitative estimate of drug-likeness (QED) is 0.623. The van der Waals surface area contributed by atoms with E-state index in [1.165, 1.54) is 0 Å². The SMILES string of the molecule is CC[C@H]([C@H](NCc1ccccc1)c1ccc(C)cc1)[N+](=O)[O-]. The van der Waals surface area contributed by atoms with Crippen LogP contribution in [0.25, 0.3) is 0 Å². The lowest BCUT2D eigenvalue weighted by Gasteiger charge is -2.22. The summed E-state index contributed by atoms with van der Waals surface area (Å²) in [5.41, 5.74) is 3.24. The van der Waals surface area contributed by atoms with E-state index in [1.54, 1.807) is 0 Å². The van der Waals surface area contributed by atoms with Crippen LogP contribution < -0.4 is 5.32 Å². The first-order chi connectivity index (χ1) is 10.6. The van der Waals surface area contributed by atoms with Crippen molar-refractivity contribution in [3.05, 3.63) is 81.4 Å². The second-order valence-corrected chi connectivity index (χ2v) is 5.52. The number of hydrogen-bond acceptors (Lipinski definition) is 3. The van der Waals surface area contributed by atoms with Gasteiger partial charge < -0.3 is 5.32 Å². The first-order valence-corrected chi connectivity index (χ1v) is 7.59. The van der Waals surface area contributed by atoms with Crippen molar-refractivity contribution in [2.75, 3.05) is 0 Å². The van der Waals surface area contributed by atoms with E-state index in [0.29, 0.717) is 13.0 Å². The van der Waals surface area contributed by atoms with E-state index in [4.69, 9.17) is 0 Å². The van der Waals surface area contributed by atoms with Crippen LogP contribution in [0.2, 0.25) is 0 Å². The Balaban J connectivity index is 2.21. The van der Waals surface area contributed by atoms with Gasteiger partial charge in [0.15, 0.2) is 0 Å². The van der Waals surface area contributed by atoms with E-state index in [9.17, 15) is 10.1 Å². The van der Waals surface area contributed by atoms with E-state index in [0.717, 1.165) is 16.7 Å². The molecule has 0 aliphatic rings.